The van der Waals surface area contributed by atoms with Crippen LogP contribution in [-0.2, 0) is 9.53 Å². The number of alkyl halides is 3. The molecule has 2 aliphatic rings. The minimum atomic E-state index is -5.03. The van der Waals surface area contributed by atoms with Crippen molar-refractivity contribution in [3.05, 3.63) is 24.3 Å². The molecule has 0 radical (unpaired) electrons. The van der Waals surface area contributed by atoms with Gasteiger partial charge in [0.2, 0.25) is 0 Å². The first-order valence-corrected chi connectivity index (χ1v) is 8.53. The maximum absolute atomic E-state index is 13.7. The quantitative estimate of drug-likeness (QED) is 0.806. The van der Waals surface area contributed by atoms with E-state index in [-0.39, 0.29) is 31.2 Å². The largest absolute Gasteiger partial charge is 0.492 e. The number of nitrogens with zero attached hydrogens (tertiary/aromatic N) is 1. The van der Waals surface area contributed by atoms with Crippen molar-refractivity contribution in [1.29, 1.82) is 0 Å². The maximum atomic E-state index is 13.7. The number of amides is 2. The standard InChI is InChI=1S/C17H19F3N2O5/c1-2-25-14(23)11-6-5-9-22(10-11)15(24)21-17(16(18,19)20)26-12-7-3-4-8-13(12)27-17/h3-4,7-8,11H,2,5-6,9-10H2,1H3,(H,21,24)/t11-/m1/s1. The van der Waals surface area contributed by atoms with Gasteiger partial charge in [0.1, 0.15) is 0 Å². The third kappa shape index (κ3) is 3.74. The number of para-hydroxylation sites is 2. The van der Waals surface area contributed by atoms with Gasteiger partial charge in [0.25, 0.3) is 0 Å². The summed E-state index contributed by atoms with van der Waals surface area (Å²) in [4.78, 5) is 25.5. The summed E-state index contributed by atoms with van der Waals surface area (Å²) in [7, 11) is 0. The molecule has 0 unspecified atom stereocenters. The lowest BCUT2D eigenvalue weighted by Crippen LogP contribution is -2.67. The zero-order valence-electron chi connectivity index (χ0n) is 14.5. The average Bonchev–Trinajstić information content (AvgIpc) is 3.01. The molecule has 2 aliphatic heterocycles. The fourth-order valence-electron chi connectivity index (χ4n) is 3.02. The minimum Gasteiger partial charge on any atom is -0.466 e. The van der Waals surface area contributed by atoms with E-state index < -0.39 is 30.0 Å². The number of esters is 1. The van der Waals surface area contributed by atoms with Crippen molar-refractivity contribution in [2.24, 2.45) is 5.92 Å². The number of benzene rings is 1. The predicted octanol–water partition coefficient (Wildman–Crippen LogP) is 2.66. The van der Waals surface area contributed by atoms with Crippen LogP contribution in [0.15, 0.2) is 24.3 Å². The second kappa shape index (κ2) is 7.16. The molecule has 7 nitrogen and oxygen atoms in total. The van der Waals surface area contributed by atoms with Crippen LogP contribution in [-0.4, -0.2) is 48.7 Å². The summed E-state index contributed by atoms with van der Waals surface area (Å²) in [5.74, 6) is -4.61. The summed E-state index contributed by atoms with van der Waals surface area (Å²) in [5, 5.41) is 1.81. The lowest BCUT2D eigenvalue weighted by atomic mass is 9.98. The lowest BCUT2D eigenvalue weighted by molar-refractivity contribution is -0.318. The van der Waals surface area contributed by atoms with Gasteiger partial charge in [0, 0.05) is 13.1 Å². The highest BCUT2D eigenvalue weighted by atomic mass is 19.4. The van der Waals surface area contributed by atoms with Crippen LogP contribution in [0.3, 0.4) is 0 Å². The van der Waals surface area contributed by atoms with E-state index in [0.717, 1.165) is 4.90 Å². The third-order valence-electron chi connectivity index (χ3n) is 4.33. The molecule has 0 saturated carbocycles. The number of likely N-dealkylation sites (tertiary alicyclic amines) is 1. The van der Waals surface area contributed by atoms with Crippen molar-refractivity contribution in [1.82, 2.24) is 10.2 Å². The molecule has 3 rings (SSSR count). The molecule has 0 aliphatic carbocycles. The number of carbonyl (C=O) groups excluding carboxylic acids is 2. The van der Waals surface area contributed by atoms with Crippen molar-refractivity contribution in [2.45, 2.75) is 31.9 Å². The minimum absolute atomic E-state index is 0.0362. The van der Waals surface area contributed by atoms with Gasteiger partial charge in [0.05, 0.1) is 12.5 Å². The van der Waals surface area contributed by atoms with Crippen LogP contribution in [0.4, 0.5) is 18.0 Å². The number of halogens is 3. The number of fused-ring (bicyclic) bond motifs is 1. The first-order chi connectivity index (χ1) is 12.8. The normalized spacial score (nSPS) is 20.9. The van der Waals surface area contributed by atoms with E-state index >= 15 is 0 Å². The van der Waals surface area contributed by atoms with Gasteiger partial charge in [0.15, 0.2) is 11.5 Å². The van der Waals surface area contributed by atoms with Gasteiger partial charge < -0.3 is 19.1 Å². The Morgan fingerprint density at radius 2 is 1.93 bits per heavy atom. The van der Waals surface area contributed by atoms with Crippen molar-refractivity contribution >= 4 is 12.0 Å². The number of carbonyl (C=O) groups is 2. The fourth-order valence-corrected chi connectivity index (χ4v) is 3.02. The van der Waals surface area contributed by atoms with E-state index in [1.54, 1.807) is 12.2 Å². The van der Waals surface area contributed by atoms with Gasteiger partial charge in [-0.3, -0.25) is 10.1 Å². The molecule has 0 spiro atoms. The monoisotopic (exact) mass is 388 g/mol. The van der Waals surface area contributed by atoms with Gasteiger partial charge in [-0.15, -0.1) is 0 Å². The Kier molecular flexibility index (Phi) is 5.07. The molecule has 1 fully saturated rings. The average molecular weight is 388 g/mol. The summed E-state index contributed by atoms with van der Waals surface area (Å²) in [6, 6.07) is 4.57. The number of nitrogens with one attached hydrogen (secondary N) is 1. The van der Waals surface area contributed by atoms with Crippen LogP contribution in [0.25, 0.3) is 0 Å². The van der Waals surface area contributed by atoms with Gasteiger partial charge in [-0.25, -0.2) is 4.79 Å². The van der Waals surface area contributed by atoms with Crippen molar-refractivity contribution in [3.63, 3.8) is 0 Å². The van der Waals surface area contributed by atoms with Crippen LogP contribution in [0.1, 0.15) is 19.8 Å². The van der Waals surface area contributed by atoms with E-state index in [1.165, 1.54) is 24.3 Å². The Bertz CT molecular complexity index is 700. The highest BCUT2D eigenvalue weighted by Crippen LogP contribution is 2.45. The molecule has 0 bridgehead atoms. The van der Waals surface area contributed by atoms with Crippen molar-refractivity contribution in [3.8, 4) is 11.5 Å². The third-order valence-corrected chi connectivity index (χ3v) is 4.33. The van der Waals surface area contributed by atoms with E-state index in [4.69, 9.17) is 14.2 Å². The second-order valence-electron chi connectivity index (χ2n) is 6.23. The Morgan fingerprint density at radius 1 is 1.30 bits per heavy atom. The van der Waals surface area contributed by atoms with Crippen LogP contribution in [0.2, 0.25) is 0 Å². The Labute approximate surface area is 153 Å². The highest BCUT2D eigenvalue weighted by molar-refractivity contribution is 5.78. The van der Waals surface area contributed by atoms with Gasteiger partial charge in [-0.2, -0.15) is 13.2 Å². The summed E-state index contributed by atoms with van der Waals surface area (Å²) in [5.41, 5.74) is 0. The molecule has 0 aromatic heterocycles. The van der Waals surface area contributed by atoms with E-state index in [9.17, 15) is 22.8 Å². The Morgan fingerprint density at radius 3 is 2.48 bits per heavy atom. The Hall–Kier alpha value is -2.65. The Balaban J connectivity index is 1.74. The maximum Gasteiger partial charge on any atom is 0.492 e. The lowest BCUT2D eigenvalue weighted by Gasteiger charge is -2.35. The molecule has 148 valence electrons. The topological polar surface area (TPSA) is 77.1 Å². The van der Waals surface area contributed by atoms with E-state index in [0.29, 0.717) is 12.8 Å². The molecule has 1 atom stereocenters. The zero-order valence-corrected chi connectivity index (χ0v) is 14.5. The summed E-state index contributed by atoms with van der Waals surface area (Å²) in [6.07, 6.45) is -4.05. The molecule has 27 heavy (non-hydrogen) atoms. The van der Waals surface area contributed by atoms with Gasteiger partial charge >= 0.3 is 24.1 Å². The number of rotatable bonds is 3. The molecule has 2 heterocycles. The molecular weight excluding hydrogens is 369 g/mol. The number of piperidine rings is 1. The first-order valence-electron chi connectivity index (χ1n) is 8.53. The van der Waals surface area contributed by atoms with Crippen molar-refractivity contribution in [2.75, 3.05) is 19.7 Å². The number of ether oxygens (including phenoxy) is 3. The zero-order chi connectivity index (χ0) is 19.7. The smallest absolute Gasteiger partial charge is 0.466 e. The van der Waals surface area contributed by atoms with Gasteiger partial charge in [-0.05, 0) is 31.9 Å². The molecular formula is C17H19F3N2O5. The predicted molar refractivity (Wildman–Crippen MR) is 85.9 cm³/mol. The van der Waals surface area contributed by atoms with Crippen LogP contribution in [0.5, 0.6) is 11.5 Å². The molecule has 1 saturated heterocycles. The molecule has 1 aromatic rings. The first kappa shape index (κ1) is 19.1. The second-order valence-corrected chi connectivity index (χ2v) is 6.23. The molecule has 1 N–H and O–H groups in total. The van der Waals surface area contributed by atoms with Crippen LogP contribution >= 0.6 is 0 Å². The molecule has 2 amide bonds. The van der Waals surface area contributed by atoms with Crippen LogP contribution < -0.4 is 14.8 Å². The number of hydrogen-bond acceptors (Lipinski definition) is 5. The van der Waals surface area contributed by atoms with Crippen LogP contribution in [0, 0.1) is 5.92 Å². The molecule has 10 heteroatoms. The summed E-state index contributed by atoms with van der Waals surface area (Å²) in [6.45, 7) is 2.03. The number of urea groups is 1. The van der Waals surface area contributed by atoms with E-state index in [2.05, 4.69) is 0 Å². The van der Waals surface area contributed by atoms with Crippen molar-refractivity contribution < 1.29 is 37.0 Å². The fraction of sp³-hybridized carbons (Fsp3) is 0.529. The van der Waals surface area contributed by atoms with E-state index in [1.807, 2.05) is 0 Å². The summed E-state index contributed by atoms with van der Waals surface area (Å²) < 4.78 is 55.8. The summed E-state index contributed by atoms with van der Waals surface area (Å²) >= 11 is 0. The van der Waals surface area contributed by atoms with Gasteiger partial charge in [-0.1, -0.05) is 12.1 Å². The number of hydrogen-bond donors (Lipinski definition) is 1. The highest BCUT2D eigenvalue weighted by Gasteiger charge is 2.66. The molecule has 1 aromatic carbocycles. The SMILES string of the molecule is CCOC(=O)[C@@H]1CCCN(C(=O)NC2(C(F)(F)F)Oc3ccccc3O2)C1.